The summed E-state index contributed by atoms with van der Waals surface area (Å²) in [6.45, 7) is 3.54. The lowest BCUT2D eigenvalue weighted by atomic mass is 10.1. The number of nitrogens with one attached hydrogen (secondary N) is 1. The number of aromatic nitrogens is 1. The summed E-state index contributed by atoms with van der Waals surface area (Å²) in [5.41, 5.74) is 1.21. The summed E-state index contributed by atoms with van der Waals surface area (Å²) < 4.78 is 16.4. The topological polar surface area (TPSA) is 69.7 Å². The largest absolute Gasteiger partial charge is 0.486 e. The highest BCUT2D eigenvalue weighted by atomic mass is 35.5. The van der Waals surface area contributed by atoms with Crippen LogP contribution in [0.15, 0.2) is 30.5 Å². The van der Waals surface area contributed by atoms with E-state index < -0.39 is 0 Å². The number of hydrogen-bond acceptors (Lipinski definition) is 5. The molecule has 0 fully saturated rings. The van der Waals surface area contributed by atoms with Gasteiger partial charge in [-0.1, -0.05) is 11.6 Å². The second-order valence-electron chi connectivity index (χ2n) is 5.07. The van der Waals surface area contributed by atoms with Crippen molar-refractivity contribution in [3.63, 3.8) is 0 Å². The maximum atomic E-state index is 12.4. The van der Waals surface area contributed by atoms with Gasteiger partial charge >= 0.3 is 0 Å². The third-order valence-corrected chi connectivity index (χ3v) is 3.69. The Morgan fingerprint density at radius 1 is 1.38 bits per heavy atom. The van der Waals surface area contributed by atoms with Gasteiger partial charge in [0.05, 0.1) is 11.6 Å². The summed E-state index contributed by atoms with van der Waals surface area (Å²) in [6.07, 6.45) is 1.59. The molecule has 1 aliphatic heterocycles. The molecule has 0 saturated carbocycles. The first kappa shape index (κ1) is 16.4. The normalized spacial score (nSPS) is 12.6. The van der Waals surface area contributed by atoms with Crippen LogP contribution in [0.1, 0.15) is 22.8 Å². The van der Waals surface area contributed by atoms with Crippen molar-refractivity contribution in [3.8, 4) is 17.4 Å². The van der Waals surface area contributed by atoms with Gasteiger partial charge in [-0.2, -0.15) is 0 Å². The third kappa shape index (κ3) is 3.54. The maximum Gasteiger partial charge on any atom is 0.257 e. The van der Waals surface area contributed by atoms with E-state index in [0.717, 1.165) is 5.56 Å². The number of halogens is 1. The number of nitrogens with zero attached hydrogens (tertiary/aromatic N) is 1. The number of carbonyl (C=O) groups is 1. The highest BCUT2D eigenvalue weighted by Crippen LogP contribution is 2.38. The highest BCUT2D eigenvalue weighted by molar-refractivity contribution is 6.32. The molecule has 0 spiro atoms. The predicted octanol–water partition coefficient (Wildman–Crippen LogP) is 2.83. The maximum absolute atomic E-state index is 12.4. The van der Waals surface area contributed by atoms with Gasteiger partial charge in [-0.3, -0.25) is 4.79 Å². The standard InChI is InChI=1S/C17H17ClN2O4/c1-2-22-17-12(4-3-5-19-17)16(21)20-10-11-8-13(18)15-14(9-11)23-6-7-24-15/h3-5,8-9H,2,6-7,10H2,1H3,(H,20,21). The fourth-order valence-corrected chi connectivity index (χ4v) is 2.65. The molecule has 2 heterocycles. The number of rotatable bonds is 5. The van der Waals surface area contributed by atoms with Crippen molar-refractivity contribution >= 4 is 17.5 Å². The Morgan fingerprint density at radius 3 is 3.04 bits per heavy atom. The number of benzene rings is 1. The molecule has 0 bridgehead atoms. The van der Waals surface area contributed by atoms with Crippen LogP contribution in [0.4, 0.5) is 0 Å². The first-order chi connectivity index (χ1) is 11.7. The van der Waals surface area contributed by atoms with Crippen molar-refractivity contribution < 1.29 is 19.0 Å². The van der Waals surface area contributed by atoms with Gasteiger partial charge in [0.25, 0.3) is 5.91 Å². The Labute approximate surface area is 144 Å². The third-order valence-electron chi connectivity index (χ3n) is 3.41. The molecule has 24 heavy (non-hydrogen) atoms. The zero-order valence-electron chi connectivity index (χ0n) is 13.2. The molecular formula is C17H17ClN2O4. The molecule has 1 aliphatic rings. The molecule has 0 unspecified atom stereocenters. The fourth-order valence-electron chi connectivity index (χ4n) is 2.36. The van der Waals surface area contributed by atoms with Crippen LogP contribution in [0.5, 0.6) is 17.4 Å². The van der Waals surface area contributed by atoms with Gasteiger partial charge in [0, 0.05) is 12.7 Å². The molecule has 6 nitrogen and oxygen atoms in total. The molecule has 126 valence electrons. The molecule has 1 aromatic heterocycles. The molecule has 3 rings (SSSR count). The fraction of sp³-hybridized carbons (Fsp3) is 0.294. The van der Waals surface area contributed by atoms with E-state index in [1.54, 1.807) is 24.4 Å². The first-order valence-corrected chi connectivity index (χ1v) is 8.01. The number of hydrogen-bond donors (Lipinski definition) is 1. The van der Waals surface area contributed by atoms with Gasteiger partial charge in [0.15, 0.2) is 11.5 Å². The van der Waals surface area contributed by atoms with Crippen LogP contribution in [-0.4, -0.2) is 30.7 Å². The quantitative estimate of drug-likeness (QED) is 0.899. The smallest absolute Gasteiger partial charge is 0.257 e. The van der Waals surface area contributed by atoms with Gasteiger partial charge in [0.1, 0.15) is 18.8 Å². The number of amides is 1. The molecule has 1 N–H and O–H groups in total. The first-order valence-electron chi connectivity index (χ1n) is 7.63. The zero-order valence-corrected chi connectivity index (χ0v) is 13.9. The van der Waals surface area contributed by atoms with E-state index in [9.17, 15) is 4.79 Å². The van der Waals surface area contributed by atoms with Crippen LogP contribution in [0, 0.1) is 0 Å². The monoisotopic (exact) mass is 348 g/mol. The van der Waals surface area contributed by atoms with Crippen molar-refractivity contribution in [1.29, 1.82) is 0 Å². The van der Waals surface area contributed by atoms with E-state index in [1.807, 2.05) is 13.0 Å². The highest BCUT2D eigenvalue weighted by Gasteiger charge is 2.18. The lowest BCUT2D eigenvalue weighted by Gasteiger charge is -2.20. The van der Waals surface area contributed by atoms with Crippen LogP contribution in [0.3, 0.4) is 0 Å². The number of fused-ring (bicyclic) bond motifs is 1. The van der Waals surface area contributed by atoms with Crippen molar-refractivity contribution in [2.75, 3.05) is 19.8 Å². The number of ether oxygens (including phenoxy) is 3. The minimum absolute atomic E-state index is 0.266. The molecule has 1 amide bonds. The summed E-state index contributed by atoms with van der Waals surface area (Å²) in [4.78, 5) is 16.4. The van der Waals surface area contributed by atoms with E-state index in [0.29, 0.717) is 54.3 Å². The summed E-state index contributed by atoms with van der Waals surface area (Å²) in [5.74, 6) is 1.19. The minimum atomic E-state index is -0.266. The lowest BCUT2D eigenvalue weighted by molar-refractivity contribution is 0.0946. The van der Waals surface area contributed by atoms with E-state index >= 15 is 0 Å². The molecule has 0 aliphatic carbocycles. The Balaban J connectivity index is 1.72. The van der Waals surface area contributed by atoms with E-state index in [-0.39, 0.29) is 5.91 Å². The molecule has 0 radical (unpaired) electrons. The Bertz CT molecular complexity index is 751. The molecule has 0 saturated heterocycles. The van der Waals surface area contributed by atoms with Crippen LogP contribution in [0.2, 0.25) is 5.02 Å². The van der Waals surface area contributed by atoms with Gasteiger partial charge in [0.2, 0.25) is 5.88 Å². The van der Waals surface area contributed by atoms with E-state index in [2.05, 4.69) is 10.3 Å². The summed E-state index contributed by atoms with van der Waals surface area (Å²) in [7, 11) is 0. The Kier molecular flexibility index (Phi) is 5.05. The zero-order chi connectivity index (χ0) is 16.9. The SMILES string of the molecule is CCOc1ncccc1C(=O)NCc1cc(Cl)c2c(c1)OCCO2. The molecule has 0 atom stereocenters. The van der Waals surface area contributed by atoms with Crippen LogP contribution in [0.25, 0.3) is 0 Å². The second-order valence-corrected chi connectivity index (χ2v) is 5.48. The Morgan fingerprint density at radius 2 is 2.21 bits per heavy atom. The van der Waals surface area contributed by atoms with Crippen molar-refractivity contribution in [1.82, 2.24) is 10.3 Å². The van der Waals surface area contributed by atoms with Crippen LogP contribution >= 0.6 is 11.6 Å². The van der Waals surface area contributed by atoms with E-state index in [1.165, 1.54) is 0 Å². The van der Waals surface area contributed by atoms with Crippen LogP contribution < -0.4 is 19.5 Å². The molecular weight excluding hydrogens is 332 g/mol. The summed E-state index contributed by atoms with van der Waals surface area (Å²) in [5, 5.41) is 3.30. The Hall–Kier alpha value is -2.47. The predicted molar refractivity (Wildman–Crippen MR) is 89.0 cm³/mol. The minimum Gasteiger partial charge on any atom is -0.486 e. The average molecular weight is 349 g/mol. The van der Waals surface area contributed by atoms with Gasteiger partial charge in [-0.15, -0.1) is 0 Å². The summed E-state index contributed by atoms with van der Waals surface area (Å²) in [6, 6.07) is 6.93. The van der Waals surface area contributed by atoms with Crippen molar-refractivity contribution in [2.45, 2.75) is 13.5 Å². The molecule has 7 heteroatoms. The summed E-state index contributed by atoms with van der Waals surface area (Å²) >= 11 is 6.20. The van der Waals surface area contributed by atoms with E-state index in [4.69, 9.17) is 25.8 Å². The van der Waals surface area contributed by atoms with Gasteiger partial charge in [-0.25, -0.2) is 4.98 Å². The van der Waals surface area contributed by atoms with Crippen molar-refractivity contribution in [3.05, 3.63) is 46.6 Å². The average Bonchev–Trinajstić information content (AvgIpc) is 2.60. The lowest BCUT2D eigenvalue weighted by Crippen LogP contribution is -2.24. The van der Waals surface area contributed by atoms with Gasteiger partial charge < -0.3 is 19.5 Å². The van der Waals surface area contributed by atoms with Crippen LogP contribution in [-0.2, 0) is 6.54 Å². The second kappa shape index (κ2) is 7.40. The van der Waals surface area contributed by atoms with Crippen molar-refractivity contribution in [2.24, 2.45) is 0 Å². The molecule has 1 aromatic carbocycles. The molecule has 2 aromatic rings. The number of pyridine rings is 1. The number of carbonyl (C=O) groups excluding carboxylic acids is 1. The van der Waals surface area contributed by atoms with Gasteiger partial charge in [-0.05, 0) is 36.8 Å².